The Kier molecular flexibility index (Phi) is 2.08. The Morgan fingerprint density at radius 2 is 2.00 bits per heavy atom. The lowest BCUT2D eigenvalue weighted by Gasteiger charge is -2.13. The molecule has 0 radical (unpaired) electrons. The third-order valence-corrected chi connectivity index (χ3v) is 1.79. The highest BCUT2D eigenvalue weighted by atomic mass is 19.1. The minimum Gasteiger partial charge on any atom is -0.486 e. The summed E-state index contributed by atoms with van der Waals surface area (Å²) in [6.07, 6.45) is 4.58. The molecule has 0 amide bonds. The van der Waals surface area contributed by atoms with E-state index in [0.717, 1.165) is 5.56 Å². The predicted octanol–water partition coefficient (Wildman–Crippen LogP) is 2.44. The molecule has 1 heterocycles. The van der Waals surface area contributed by atoms with Gasteiger partial charge in [-0.2, -0.15) is 0 Å². The topological polar surface area (TPSA) is 21.6 Å². The monoisotopic (exact) mass is 177 g/mol. The van der Waals surface area contributed by atoms with Gasteiger partial charge in [-0.15, -0.1) is 0 Å². The van der Waals surface area contributed by atoms with Gasteiger partial charge in [0.15, 0.2) is 6.10 Å². The van der Waals surface area contributed by atoms with Gasteiger partial charge >= 0.3 is 0 Å². The van der Waals surface area contributed by atoms with Gasteiger partial charge < -0.3 is 4.74 Å². The fourth-order valence-corrected chi connectivity index (χ4v) is 1.14. The van der Waals surface area contributed by atoms with Gasteiger partial charge in [0.25, 0.3) is 0 Å². The van der Waals surface area contributed by atoms with Crippen molar-refractivity contribution in [1.29, 1.82) is 0 Å². The van der Waals surface area contributed by atoms with Crippen molar-refractivity contribution in [2.24, 2.45) is 4.99 Å². The Bertz CT molecular complexity index is 342. The molecule has 0 bridgehead atoms. The first-order chi connectivity index (χ1) is 6.36. The lowest BCUT2D eigenvalue weighted by molar-refractivity contribution is 0.206. The highest BCUT2D eigenvalue weighted by Crippen LogP contribution is 2.18. The van der Waals surface area contributed by atoms with E-state index >= 15 is 0 Å². The summed E-state index contributed by atoms with van der Waals surface area (Å²) < 4.78 is 17.8. The molecule has 0 aromatic heterocycles. The van der Waals surface area contributed by atoms with Crippen molar-refractivity contribution in [2.45, 2.75) is 6.10 Å². The molecule has 1 aromatic carbocycles. The molecule has 1 aliphatic rings. The maximum absolute atomic E-state index is 12.6. The molecule has 13 heavy (non-hydrogen) atoms. The smallest absolute Gasteiger partial charge is 0.158 e. The molecule has 0 fully saturated rings. The summed E-state index contributed by atoms with van der Waals surface area (Å²) in [5, 5.41) is 0. The molecule has 1 aliphatic heterocycles. The zero-order chi connectivity index (χ0) is 9.10. The Morgan fingerprint density at radius 1 is 1.23 bits per heavy atom. The number of aliphatic imine (C=N–C) groups is 1. The van der Waals surface area contributed by atoms with Crippen LogP contribution in [0.5, 0.6) is 0 Å². The number of hydrogen-bond donors (Lipinski definition) is 0. The summed E-state index contributed by atoms with van der Waals surface area (Å²) in [5.41, 5.74) is 0.898. The molecular weight excluding hydrogens is 169 g/mol. The molecule has 0 aliphatic carbocycles. The lowest BCUT2D eigenvalue weighted by Crippen LogP contribution is -2.04. The quantitative estimate of drug-likeness (QED) is 0.645. The van der Waals surface area contributed by atoms with Crippen molar-refractivity contribution < 1.29 is 9.13 Å². The number of ether oxygens (including phenoxy) is 1. The maximum Gasteiger partial charge on any atom is 0.158 e. The molecule has 2 nitrogen and oxygen atoms in total. The number of hydrogen-bond acceptors (Lipinski definition) is 2. The van der Waals surface area contributed by atoms with Gasteiger partial charge in [0, 0.05) is 6.21 Å². The highest BCUT2D eigenvalue weighted by molar-refractivity contribution is 5.67. The molecule has 66 valence electrons. The summed E-state index contributed by atoms with van der Waals surface area (Å²) in [5.74, 6) is -0.243. The molecule has 0 saturated heterocycles. The molecule has 1 unspecified atom stereocenters. The minimum atomic E-state index is -0.243. The van der Waals surface area contributed by atoms with E-state index in [1.165, 1.54) is 18.4 Å². The first-order valence-corrected chi connectivity index (χ1v) is 3.95. The van der Waals surface area contributed by atoms with Crippen molar-refractivity contribution in [3.8, 4) is 0 Å². The number of rotatable bonds is 1. The van der Waals surface area contributed by atoms with Crippen molar-refractivity contribution >= 4 is 6.21 Å². The Balaban J connectivity index is 2.21. The molecule has 0 saturated carbocycles. The van der Waals surface area contributed by atoms with Gasteiger partial charge in [0.2, 0.25) is 0 Å². The van der Waals surface area contributed by atoms with Crippen LogP contribution in [0.25, 0.3) is 0 Å². The molecule has 1 atom stereocenters. The van der Waals surface area contributed by atoms with E-state index in [2.05, 4.69) is 4.99 Å². The molecule has 3 heteroatoms. The Morgan fingerprint density at radius 3 is 2.62 bits per heavy atom. The largest absolute Gasteiger partial charge is 0.486 e. The Labute approximate surface area is 75.4 Å². The van der Waals surface area contributed by atoms with E-state index < -0.39 is 0 Å². The van der Waals surface area contributed by atoms with E-state index in [9.17, 15) is 4.39 Å². The second-order valence-electron chi connectivity index (χ2n) is 2.69. The number of halogens is 1. The zero-order valence-electron chi connectivity index (χ0n) is 6.85. The summed E-state index contributed by atoms with van der Waals surface area (Å²) in [6.45, 7) is 0. The van der Waals surface area contributed by atoms with Crippen LogP contribution in [-0.2, 0) is 4.74 Å². The summed E-state index contributed by atoms with van der Waals surface area (Å²) >= 11 is 0. The average molecular weight is 177 g/mol. The van der Waals surface area contributed by atoms with Crippen LogP contribution in [0.4, 0.5) is 4.39 Å². The van der Waals surface area contributed by atoms with Gasteiger partial charge in [-0.05, 0) is 17.7 Å². The SMILES string of the molecule is Fc1ccc(C2C=NC=CO2)cc1. The molecular formula is C10H8FNO. The molecule has 2 rings (SSSR count). The minimum absolute atomic E-state index is 0.189. The first kappa shape index (κ1) is 7.98. The second kappa shape index (κ2) is 3.39. The van der Waals surface area contributed by atoms with Crippen LogP contribution in [0.1, 0.15) is 11.7 Å². The highest BCUT2D eigenvalue weighted by Gasteiger charge is 2.09. The van der Waals surface area contributed by atoms with Crippen LogP contribution in [0.3, 0.4) is 0 Å². The van der Waals surface area contributed by atoms with E-state index in [0.29, 0.717) is 0 Å². The molecule has 0 N–H and O–H groups in total. The van der Waals surface area contributed by atoms with Crippen molar-refractivity contribution in [1.82, 2.24) is 0 Å². The maximum atomic E-state index is 12.6. The average Bonchev–Trinajstić information content (AvgIpc) is 2.20. The van der Waals surface area contributed by atoms with Crippen LogP contribution < -0.4 is 0 Å². The van der Waals surface area contributed by atoms with Crippen LogP contribution >= 0.6 is 0 Å². The molecule has 0 spiro atoms. The van der Waals surface area contributed by atoms with Crippen molar-refractivity contribution in [3.05, 3.63) is 48.1 Å². The van der Waals surface area contributed by atoms with Gasteiger partial charge in [-0.1, -0.05) is 12.1 Å². The molecule has 1 aromatic rings. The number of nitrogens with zero attached hydrogens (tertiary/aromatic N) is 1. The van der Waals surface area contributed by atoms with Crippen LogP contribution in [-0.4, -0.2) is 6.21 Å². The summed E-state index contributed by atoms with van der Waals surface area (Å²) in [7, 11) is 0. The van der Waals surface area contributed by atoms with Crippen LogP contribution in [0.15, 0.2) is 41.7 Å². The third-order valence-electron chi connectivity index (χ3n) is 1.79. The fraction of sp³-hybridized carbons (Fsp3) is 0.100. The van der Waals surface area contributed by atoms with E-state index in [-0.39, 0.29) is 11.9 Å². The number of benzene rings is 1. The third kappa shape index (κ3) is 1.75. The summed E-state index contributed by atoms with van der Waals surface area (Å²) in [4.78, 5) is 3.93. The van der Waals surface area contributed by atoms with Gasteiger partial charge in [-0.3, -0.25) is 4.99 Å². The first-order valence-electron chi connectivity index (χ1n) is 3.95. The van der Waals surface area contributed by atoms with Gasteiger partial charge in [0.05, 0.1) is 6.20 Å². The van der Waals surface area contributed by atoms with E-state index in [1.54, 1.807) is 24.5 Å². The fourth-order valence-electron chi connectivity index (χ4n) is 1.14. The van der Waals surface area contributed by atoms with Crippen LogP contribution in [0, 0.1) is 5.82 Å². The van der Waals surface area contributed by atoms with Crippen molar-refractivity contribution in [3.63, 3.8) is 0 Å². The van der Waals surface area contributed by atoms with Crippen LogP contribution in [0.2, 0.25) is 0 Å². The normalized spacial score (nSPS) is 19.9. The zero-order valence-corrected chi connectivity index (χ0v) is 6.85. The second-order valence-corrected chi connectivity index (χ2v) is 2.69. The van der Waals surface area contributed by atoms with Gasteiger partial charge in [-0.25, -0.2) is 4.39 Å². The lowest BCUT2D eigenvalue weighted by atomic mass is 10.1. The predicted molar refractivity (Wildman–Crippen MR) is 47.9 cm³/mol. The Hall–Kier alpha value is -1.64. The van der Waals surface area contributed by atoms with Crippen molar-refractivity contribution in [2.75, 3.05) is 0 Å². The van der Waals surface area contributed by atoms with E-state index in [1.807, 2.05) is 0 Å². The van der Waals surface area contributed by atoms with Gasteiger partial charge in [0.1, 0.15) is 12.1 Å². The van der Waals surface area contributed by atoms with E-state index in [4.69, 9.17) is 4.74 Å². The summed E-state index contributed by atoms with van der Waals surface area (Å²) in [6, 6.07) is 6.19. The standard InChI is InChI=1S/C10H8FNO/c11-9-3-1-8(2-4-9)10-7-12-5-6-13-10/h1-7,10H.